The molecule has 0 saturated carbocycles. The molecule has 0 fully saturated rings. The van der Waals surface area contributed by atoms with Gasteiger partial charge in [-0.1, -0.05) is 48.5 Å². The fourth-order valence-corrected chi connectivity index (χ4v) is 3.35. The number of rotatable bonds is 7. The summed E-state index contributed by atoms with van der Waals surface area (Å²) >= 11 is 0. The molecule has 0 aliphatic heterocycles. The number of nitrogens with one attached hydrogen (secondary N) is 1. The van der Waals surface area contributed by atoms with Crippen molar-refractivity contribution in [3.8, 4) is 0 Å². The molecule has 4 aromatic rings. The fraction of sp³-hybridized carbons (Fsp3) is 0.238. The van der Waals surface area contributed by atoms with Gasteiger partial charge in [0.25, 0.3) is 0 Å². The molecule has 0 amide bonds. The molecule has 5 heteroatoms. The summed E-state index contributed by atoms with van der Waals surface area (Å²) in [7, 11) is 0. The van der Waals surface area contributed by atoms with Crippen molar-refractivity contribution in [2.24, 2.45) is 5.73 Å². The molecule has 3 N–H and O–H groups in total. The SMILES string of the molecule is NCCCc1nnc(Cc2c[nH]c3ccccc23)n1Cc1ccccc1. The molecule has 26 heavy (non-hydrogen) atoms. The van der Waals surface area contributed by atoms with Gasteiger partial charge in [0.15, 0.2) is 0 Å². The van der Waals surface area contributed by atoms with Crippen LogP contribution in [0.3, 0.4) is 0 Å². The average molecular weight is 345 g/mol. The molecule has 0 radical (unpaired) electrons. The summed E-state index contributed by atoms with van der Waals surface area (Å²) in [5.74, 6) is 2.00. The Morgan fingerprint density at radius 2 is 1.69 bits per heavy atom. The van der Waals surface area contributed by atoms with Crippen molar-refractivity contribution >= 4 is 10.9 Å². The third kappa shape index (κ3) is 3.39. The maximum atomic E-state index is 5.70. The maximum absolute atomic E-state index is 5.70. The third-order valence-electron chi connectivity index (χ3n) is 4.72. The zero-order valence-corrected chi connectivity index (χ0v) is 14.7. The molecule has 0 saturated heterocycles. The van der Waals surface area contributed by atoms with Crippen molar-refractivity contribution in [1.29, 1.82) is 0 Å². The fourth-order valence-electron chi connectivity index (χ4n) is 3.35. The zero-order chi connectivity index (χ0) is 17.8. The summed E-state index contributed by atoms with van der Waals surface area (Å²) in [6.07, 6.45) is 4.60. The lowest BCUT2D eigenvalue weighted by Crippen LogP contribution is -2.11. The predicted molar refractivity (Wildman–Crippen MR) is 104 cm³/mol. The second-order valence-electron chi connectivity index (χ2n) is 6.53. The van der Waals surface area contributed by atoms with Gasteiger partial charge < -0.3 is 15.3 Å². The number of H-pyrrole nitrogens is 1. The highest BCUT2D eigenvalue weighted by Gasteiger charge is 2.14. The lowest BCUT2D eigenvalue weighted by Gasteiger charge is -2.10. The number of para-hydroxylation sites is 1. The number of aromatic amines is 1. The van der Waals surface area contributed by atoms with E-state index in [0.717, 1.165) is 43.0 Å². The molecule has 0 aliphatic rings. The van der Waals surface area contributed by atoms with Gasteiger partial charge in [-0.15, -0.1) is 10.2 Å². The molecule has 0 bridgehead atoms. The molecule has 132 valence electrons. The topological polar surface area (TPSA) is 72.5 Å². The van der Waals surface area contributed by atoms with E-state index in [1.54, 1.807) is 0 Å². The molecule has 0 unspecified atom stereocenters. The van der Waals surface area contributed by atoms with E-state index in [4.69, 9.17) is 5.73 Å². The molecular weight excluding hydrogens is 322 g/mol. The average Bonchev–Trinajstić information content (AvgIpc) is 3.26. The highest BCUT2D eigenvalue weighted by atomic mass is 15.3. The normalized spacial score (nSPS) is 11.3. The van der Waals surface area contributed by atoms with Crippen molar-refractivity contribution in [1.82, 2.24) is 19.7 Å². The first-order valence-corrected chi connectivity index (χ1v) is 9.05. The first-order chi connectivity index (χ1) is 12.8. The molecule has 0 atom stereocenters. The van der Waals surface area contributed by atoms with Crippen LogP contribution in [0.25, 0.3) is 10.9 Å². The van der Waals surface area contributed by atoms with Crippen LogP contribution in [0.2, 0.25) is 0 Å². The van der Waals surface area contributed by atoms with Crippen LogP contribution in [0.4, 0.5) is 0 Å². The molecule has 2 aromatic heterocycles. The van der Waals surface area contributed by atoms with E-state index in [-0.39, 0.29) is 0 Å². The largest absolute Gasteiger partial charge is 0.361 e. The first kappa shape index (κ1) is 16.5. The van der Waals surface area contributed by atoms with Gasteiger partial charge in [-0.25, -0.2) is 0 Å². The minimum absolute atomic E-state index is 0.663. The zero-order valence-electron chi connectivity index (χ0n) is 14.7. The van der Waals surface area contributed by atoms with E-state index in [1.807, 2.05) is 12.1 Å². The number of hydrogen-bond donors (Lipinski definition) is 2. The first-order valence-electron chi connectivity index (χ1n) is 9.05. The molecule has 2 heterocycles. The summed E-state index contributed by atoms with van der Waals surface area (Å²) in [4.78, 5) is 3.34. The van der Waals surface area contributed by atoms with Gasteiger partial charge in [0.2, 0.25) is 0 Å². The Labute approximate surface area is 152 Å². The maximum Gasteiger partial charge on any atom is 0.137 e. The Morgan fingerprint density at radius 3 is 2.54 bits per heavy atom. The van der Waals surface area contributed by atoms with Crippen molar-refractivity contribution in [2.45, 2.75) is 25.8 Å². The molecule has 2 aromatic carbocycles. The molecule has 4 rings (SSSR count). The van der Waals surface area contributed by atoms with Crippen LogP contribution in [0, 0.1) is 0 Å². The summed E-state index contributed by atoms with van der Waals surface area (Å²) in [6.45, 7) is 1.45. The van der Waals surface area contributed by atoms with Gasteiger partial charge in [0.05, 0.1) is 6.54 Å². The highest BCUT2D eigenvalue weighted by molar-refractivity contribution is 5.83. The second-order valence-corrected chi connectivity index (χ2v) is 6.53. The molecule has 5 nitrogen and oxygen atoms in total. The van der Waals surface area contributed by atoms with Crippen molar-refractivity contribution in [2.75, 3.05) is 6.54 Å². The van der Waals surface area contributed by atoms with E-state index in [2.05, 4.69) is 68.4 Å². The third-order valence-corrected chi connectivity index (χ3v) is 4.72. The standard InChI is InChI=1S/C21H23N5/c22-12-6-11-20-24-25-21(26(20)15-16-7-2-1-3-8-16)13-17-14-23-19-10-5-4-9-18(17)19/h1-5,7-10,14,23H,6,11-13,15,22H2. The van der Waals surface area contributed by atoms with Crippen molar-refractivity contribution in [3.63, 3.8) is 0 Å². The monoisotopic (exact) mass is 345 g/mol. The quantitative estimate of drug-likeness (QED) is 0.540. The summed E-state index contributed by atoms with van der Waals surface area (Å²) in [5, 5.41) is 10.2. The Bertz CT molecular complexity index is 984. The molecule has 0 spiro atoms. The van der Waals surface area contributed by atoms with E-state index in [0.29, 0.717) is 6.54 Å². The summed E-state index contributed by atoms with van der Waals surface area (Å²) in [5.41, 5.74) is 9.34. The van der Waals surface area contributed by atoms with E-state index < -0.39 is 0 Å². The van der Waals surface area contributed by atoms with Gasteiger partial charge in [0.1, 0.15) is 11.6 Å². The second kappa shape index (κ2) is 7.54. The minimum atomic E-state index is 0.663. The van der Waals surface area contributed by atoms with Crippen LogP contribution in [-0.4, -0.2) is 26.3 Å². The van der Waals surface area contributed by atoms with Gasteiger partial charge in [0, 0.05) is 29.9 Å². The van der Waals surface area contributed by atoms with Gasteiger partial charge in [-0.3, -0.25) is 0 Å². The van der Waals surface area contributed by atoms with Crippen LogP contribution in [0.15, 0.2) is 60.8 Å². The molecule has 0 aliphatic carbocycles. The molecular formula is C21H23N5. The van der Waals surface area contributed by atoms with Gasteiger partial charge in [-0.2, -0.15) is 0 Å². The number of nitrogens with two attached hydrogens (primary N) is 1. The Balaban J connectivity index is 1.67. The number of fused-ring (bicyclic) bond motifs is 1. The number of nitrogens with zero attached hydrogens (tertiary/aromatic N) is 3. The summed E-state index contributed by atoms with van der Waals surface area (Å²) < 4.78 is 2.24. The van der Waals surface area contributed by atoms with Crippen molar-refractivity contribution in [3.05, 3.63) is 83.6 Å². The number of aryl methyl sites for hydroxylation is 1. The van der Waals surface area contributed by atoms with E-state index in [1.165, 1.54) is 16.5 Å². The van der Waals surface area contributed by atoms with Crippen LogP contribution in [0.1, 0.15) is 29.2 Å². The van der Waals surface area contributed by atoms with E-state index in [9.17, 15) is 0 Å². The minimum Gasteiger partial charge on any atom is -0.361 e. The summed E-state index contributed by atoms with van der Waals surface area (Å²) in [6, 6.07) is 18.8. The van der Waals surface area contributed by atoms with Crippen LogP contribution < -0.4 is 5.73 Å². The van der Waals surface area contributed by atoms with Crippen LogP contribution in [0.5, 0.6) is 0 Å². The Kier molecular flexibility index (Phi) is 4.80. The predicted octanol–water partition coefficient (Wildman–Crippen LogP) is 3.29. The Hall–Kier alpha value is -2.92. The number of benzene rings is 2. The number of aromatic nitrogens is 4. The van der Waals surface area contributed by atoms with E-state index >= 15 is 0 Å². The lowest BCUT2D eigenvalue weighted by atomic mass is 10.1. The van der Waals surface area contributed by atoms with Crippen LogP contribution in [-0.2, 0) is 19.4 Å². The van der Waals surface area contributed by atoms with Crippen LogP contribution >= 0.6 is 0 Å². The number of hydrogen-bond acceptors (Lipinski definition) is 3. The highest BCUT2D eigenvalue weighted by Crippen LogP contribution is 2.21. The van der Waals surface area contributed by atoms with Gasteiger partial charge in [-0.05, 0) is 30.2 Å². The van der Waals surface area contributed by atoms with Crippen molar-refractivity contribution < 1.29 is 0 Å². The smallest absolute Gasteiger partial charge is 0.137 e. The Morgan fingerprint density at radius 1 is 0.923 bits per heavy atom. The van der Waals surface area contributed by atoms with Gasteiger partial charge >= 0.3 is 0 Å². The lowest BCUT2D eigenvalue weighted by molar-refractivity contribution is 0.669.